The zero-order valence-electron chi connectivity index (χ0n) is 59.1. The van der Waals surface area contributed by atoms with E-state index in [1.165, 1.54) is 73.8 Å². The zero-order chi connectivity index (χ0) is 71.4. The molecule has 24 nitrogen and oxygen atoms in total. The fourth-order valence-corrected chi connectivity index (χ4v) is 15.8. The van der Waals surface area contributed by atoms with Gasteiger partial charge in [-0.25, -0.2) is 0 Å². The predicted octanol–water partition coefficient (Wildman–Crippen LogP) is 4.78. The van der Waals surface area contributed by atoms with E-state index in [1.807, 2.05) is 20.8 Å². The van der Waals surface area contributed by atoms with Crippen molar-refractivity contribution >= 4 is 82.5 Å². The number of likely N-dealkylation sites (N-methyl/N-ethyl adjacent to an activating group) is 7. The topological polar surface area (TPSA) is 270 Å². The van der Waals surface area contributed by atoms with Gasteiger partial charge < -0.3 is 60.0 Å². The highest BCUT2D eigenvalue weighted by atomic mass is 35.5. The molecule has 12 amide bonds. The molecule has 542 valence electrons. The van der Waals surface area contributed by atoms with E-state index in [0.29, 0.717) is 51.6 Å². The Kier molecular flexibility index (Phi) is 28.3. The summed E-state index contributed by atoms with van der Waals surface area (Å²) in [6.07, 6.45) is 2.40. The average Bonchev–Trinajstić information content (AvgIpc) is 1.41. The molecule has 3 saturated heterocycles. The number of rotatable bonds is 11. The van der Waals surface area contributed by atoms with Crippen LogP contribution in [0.2, 0.25) is 0 Å². The van der Waals surface area contributed by atoms with Crippen LogP contribution in [0, 0.1) is 35.5 Å². The molecule has 11 atom stereocenters. The average molecular weight is 1380 g/mol. The number of carbonyl (C=O) groups is 12. The number of hydrogen-bond acceptors (Lipinski definition) is 12. The lowest BCUT2D eigenvalue weighted by Crippen LogP contribution is -2.65. The second kappa shape index (κ2) is 34.5. The Labute approximate surface area is 570 Å². The number of hydrogen-bond donors (Lipinski definition) is 3. The molecule has 0 aromatic heterocycles. The Morgan fingerprint density at radius 1 is 0.604 bits per heavy atom. The van der Waals surface area contributed by atoms with Crippen molar-refractivity contribution in [2.45, 2.75) is 236 Å². The molecule has 0 bridgehead atoms. The van der Waals surface area contributed by atoms with E-state index in [4.69, 9.17) is 11.6 Å². The Balaban J connectivity index is 1.39. The molecule has 6 fully saturated rings. The summed E-state index contributed by atoms with van der Waals surface area (Å²) in [5, 5.41) is 7.51. The maximum Gasteiger partial charge on any atom is 0.393 e. The van der Waals surface area contributed by atoms with Crippen LogP contribution in [0.5, 0.6) is 0 Å². The van der Waals surface area contributed by atoms with Gasteiger partial charge in [-0.3, -0.25) is 57.5 Å². The van der Waals surface area contributed by atoms with Crippen LogP contribution in [0.4, 0.5) is 13.2 Å². The van der Waals surface area contributed by atoms with Gasteiger partial charge >= 0.3 is 6.18 Å². The van der Waals surface area contributed by atoms with Gasteiger partial charge in [-0.05, 0) is 113 Å². The standard InChI is InChI=1S/C68H110ClF3N12O12/c1-14-43(6)57-64(94)78(9)39-55(87)76(7)40-56(88)80(11)51(36-44-22-15-16-23-44)62(92)77(8)38-53(85)73-48(28-26-45-25-27-46(47(69)35-45)68(70,71)72)61(91)84-33-21-24-49(84)60(90)75-67(29-17-18-30-67)66(96)82(13)58(42(4)5)65(95)81(12)52(63(93)83-31-19-20-32-83)37-54(86)79(10)50(34-41(2)3)59(89)74-57/h41-52,57-58H,14-40H2,1-13H3,(H,73,85)(H,74,89)(H,75,90)/t43-,45?,46?,47?,48-,49-,50-,51-,52-,57-,58-/m0/s1. The number of alkyl halides is 4. The Hall–Kier alpha value is -6.28. The smallest absolute Gasteiger partial charge is 0.343 e. The van der Waals surface area contributed by atoms with Gasteiger partial charge in [-0.2, -0.15) is 13.2 Å². The molecule has 0 aromatic carbocycles. The third-order valence-electron chi connectivity index (χ3n) is 21.5. The van der Waals surface area contributed by atoms with Crippen LogP contribution in [0.1, 0.15) is 176 Å². The van der Waals surface area contributed by atoms with E-state index < -0.39 is 174 Å². The number of nitrogens with zero attached hydrogens (tertiary/aromatic N) is 9. The molecule has 3 N–H and O–H groups in total. The van der Waals surface area contributed by atoms with E-state index >= 15 is 14.4 Å². The summed E-state index contributed by atoms with van der Waals surface area (Å²) < 4.78 is 41.9. The summed E-state index contributed by atoms with van der Waals surface area (Å²) in [5.74, 6) is -11.0. The summed E-state index contributed by atoms with van der Waals surface area (Å²) in [5.41, 5.74) is -1.56. The first-order valence-corrected chi connectivity index (χ1v) is 35.5. The van der Waals surface area contributed by atoms with Crippen molar-refractivity contribution in [1.29, 1.82) is 0 Å². The van der Waals surface area contributed by atoms with Crippen molar-refractivity contribution in [3.63, 3.8) is 0 Å². The summed E-state index contributed by atoms with van der Waals surface area (Å²) >= 11 is 6.38. The minimum Gasteiger partial charge on any atom is -0.343 e. The second-order valence-corrected chi connectivity index (χ2v) is 29.9. The third-order valence-corrected chi connectivity index (χ3v) is 22.0. The first kappa shape index (κ1) is 78.7. The van der Waals surface area contributed by atoms with Gasteiger partial charge in [0.1, 0.15) is 47.8 Å². The molecule has 3 heterocycles. The minimum atomic E-state index is -4.51. The van der Waals surface area contributed by atoms with E-state index in [0.717, 1.165) is 40.4 Å². The Morgan fingerprint density at radius 3 is 1.79 bits per heavy atom. The van der Waals surface area contributed by atoms with Gasteiger partial charge in [0.15, 0.2) is 0 Å². The van der Waals surface area contributed by atoms with Crippen molar-refractivity contribution in [3.05, 3.63) is 0 Å². The zero-order valence-corrected chi connectivity index (χ0v) is 59.9. The number of halogens is 4. The lowest BCUT2D eigenvalue weighted by atomic mass is 9.78. The molecule has 3 unspecified atom stereocenters. The molecule has 3 saturated carbocycles. The van der Waals surface area contributed by atoms with Crippen LogP contribution in [0.25, 0.3) is 0 Å². The molecule has 6 rings (SSSR count). The van der Waals surface area contributed by atoms with Gasteiger partial charge in [0.05, 0.1) is 32.0 Å². The molecule has 96 heavy (non-hydrogen) atoms. The number of carbonyl (C=O) groups excluding carboxylic acids is 12. The largest absolute Gasteiger partial charge is 0.393 e. The lowest BCUT2D eigenvalue weighted by molar-refractivity contribution is -0.182. The molecule has 3 aliphatic carbocycles. The Bertz CT molecular complexity index is 2800. The summed E-state index contributed by atoms with van der Waals surface area (Å²) in [4.78, 5) is 188. The molecular formula is C68H110ClF3N12O12. The van der Waals surface area contributed by atoms with Crippen LogP contribution >= 0.6 is 11.6 Å². The molecular weight excluding hydrogens is 1270 g/mol. The number of fused-ring (bicyclic) bond motifs is 1. The Morgan fingerprint density at radius 2 is 1.21 bits per heavy atom. The monoisotopic (exact) mass is 1380 g/mol. The molecule has 0 radical (unpaired) electrons. The second-order valence-electron chi connectivity index (χ2n) is 29.4. The van der Waals surface area contributed by atoms with Crippen molar-refractivity contribution in [2.24, 2.45) is 35.5 Å². The van der Waals surface area contributed by atoms with Crippen LogP contribution in [-0.4, -0.2) is 263 Å². The highest BCUT2D eigenvalue weighted by molar-refractivity contribution is 6.21. The highest BCUT2D eigenvalue weighted by Gasteiger charge is 2.52. The van der Waals surface area contributed by atoms with Crippen LogP contribution in [-0.2, 0) is 57.5 Å². The van der Waals surface area contributed by atoms with Crippen LogP contribution < -0.4 is 16.0 Å². The summed E-state index contributed by atoms with van der Waals surface area (Å²) in [6, 6.07) is -8.62. The molecule has 3 aliphatic heterocycles. The molecule has 6 aliphatic rings. The fraction of sp³-hybridized carbons (Fsp3) is 0.824. The van der Waals surface area contributed by atoms with Gasteiger partial charge in [-0.1, -0.05) is 86.5 Å². The SMILES string of the molecule is CC[C@H](C)[C@@H]1NC(=O)[C@H](CC(C)C)N(C)C(=O)C[C@@H](C(=O)N2CCCC2)N(C)C(=O)[C@H](C(C)C)N(C)C(=O)C2(CCCC2)NC(=O)[C@@H]2CCCN2C(=O)[C@H](CCC2CCC(C(F)(F)F)C(Cl)C2)NC(=O)CN(C)C(=O)[C@H](CC2CCCC2)N(C)C(=O)CN(C)C(=O)CN(C)C1=O. The molecule has 0 aromatic rings. The van der Waals surface area contributed by atoms with Crippen LogP contribution in [0.3, 0.4) is 0 Å². The first-order valence-electron chi connectivity index (χ1n) is 35.0. The van der Waals surface area contributed by atoms with E-state index in [1.54, 1.807) is 25.7 Å². The number of likely N-dealkylation sites (tertiary alicyclic amines) is 1. The molecule has 28 heteroatoms. The predicted molar refractivity (Wildman–Crippen MR) is 354 cm³/mol. The minimum absolute atomic E-state index is 0.000793. The van der Waals surface area contributed by atoms with Gasteiger partial charge in [-0.15, -0.1) is 11.6 Å². The maximum absolute atomic E-state index is 15.4. The quantitative estimate of drug-likeness (QED) is 0.236. The maximum atomic E-state index is 15.4. The van der Waals surface area contributed by atoms with Crippen LogP contribution in [0.15, 0.2) is 0 Å². The summed E-state index contributed by atoms with van der Waals surface area (Å²) in [6.45, 7) is 9.96. The number of amides is 12. The van der Waals surface area contributed by atoms with Crippen molar-refractivity contribution in [1.82, 2.24) is 60.0 Å². The third kappa shape index (κ3) is 19.5. The van der Waals surface area contributed by atoms with Gasteiger partial charge in [0, 0.05) is 74.3 Å². The number of nitrogens with one attached hydrogen (secondary N) is 3. The van der Waals surface area contributed by atoms with E-state index in [9.17, 15) is 56.3 Å². The first-order chi connectivity index (χ1) is 45.0. The lowest BCUT2D eigenvalue weighted by Gasteiger charge is -2.41. The van der Waals surface area contributed by atoms with E-state index in [-0.39, 0.29) is 88.5 Å². The van der Waals surface area contributed by atoms with Crippen molar-refractivity contribution < 1.29 is 70.7 Å². The molecule has 1 spiro atoms. The normalized spacial score (nSPS) is 29.5. The summed E-state index contributed by atoms with van der Waals surface area (Å²) in [7, 11) is 9.88. The van der Waals surface area contributed by atoms with Gasteiger partial charge in [0.2, 0.25) is 70.9 Å². The van der Waals surface area contributed by atoms with Crippen molar-refractivity contribution in [2.75, 3.05) is 88.6 Å². The fourth-order valence-electron chi connectivity index (χ4n) is 15.2. The highest BCUT2D eigenvalue weighted by Crippen LogP contribution is 2.44. The van der Waals surface area contributed by atoms with Crippen molar-refractivity contribution in [3.8, 4) is 0 Å². The van der Waals surface area contributed by atoms with Gasteiger partial charge in [0.25, 0.3) is 0 Å². The van der Waals surface area contributed by atoms with E-state index in [2.05, 4.69) is 16.0 Å².